The van der Waals surface area contributed by atoms with E-state index in [9.17, 15) is 9.59 Å². The van der Waals surface area contributed by atoms with Gasteiger partial charge in [-0.1, -0.05) is 34.1 Å². The smallest absolute Gasteiger partial charge is 0.257 e. The van der Waals surface area contributed by atoms with Crippen molar-refractivity contribution in [2.75, 3.05) is 29.9 Å². The highest BCUT2D eigenvalue weighted by Crippen LogP contribution is 2.34. The summed E-state index contributed by atoms with van der Waals surface area (Å²) in [6.07, 6.45) is 2.92. The van der Waals surface area contributed by atoms with Crippen molar-refractivity contribution in [2.45, 2.75) is 25.3 Å². The first kappa shape index (κ1) is 21.3. The van der Waals surface area contributed by atoms with Gasteiger partial charge in [0.2, 0.25) is 5.91 Å². The molecular formula is C24H23BrN4O2S. The molecule has 6 nitrogen and oxygen atoms in total. The van der Waals surface area contributed by atoms with Crippen LogP contribution in [0, 0.1) is 0 Å². The zero-order chi connectivity index (χ0) is 22.1. The maximum absolute atomic E-state index is 13.1. The number of aromatic nitrogens is 1. The largest absolute Gasteiger partial charge is 0.311 e. The summed E-state index contributed by atoms with van der Waals surface area (Å²) < 4.78 is 0.930. The van der Waals surface area contributed by atoms with Crippen molar-refractivity contribution >= 4 is 49.9 Å². The van der Waals surface area contributed by atoms with Crippen LogP contribution in [0.25, 0.3) is 0 Å². The summed E-state index contributed by atoms with van der Waals surface area (Å²) in [5.41, 5.74) is 3.79. The van der Waals surface area contributed by atoms with E-state index in [1.165, 1.54) is 16.9 Å². The highest BCUT2D eigenvalue weighted by Gasteiger charge is 2.32. The number of thiazole rings is 1. The lowest BCUT2D eigenvalue weighted by Crippen LogP contribution is -2.39. The van der Waals surface area contributed by atoms with Gasteiger partial charge in [0.25, 0.3) is 5.91 Å². The van der Waals surface area contributed by atoms with E-state index < -0.39 is 0 Å². The summed E-state index contributed by atoms with van der Waals surface area (Å²) in [5.74, 6) is -0.0367. The Balaban J connectivity index is 1.24. The third kappa shape index (κ3) is 4.35. The van der Waals surface area contributed by atoms with Crippen molar-refractivity contribution in [1.29, 1.82) is 0 Å². The van der Waals surface area contributed by atoms with E-state index in [-0.39, 0.29) is 17.9 Å². The molecule has 1 fully saturated rings. The molecule has 0 saturated carbocycles. The number of hydrogen-bond acceptors (Lipinski definition) is 5. The fourth-order valence-electron chi connectivity index (χ4n) is 4.47. The fourth-order valence-corrected chi connectivity index (χ4v) is 5.49. The summed E-state index contributed by atoms with van der Waals surface area (Å²) in [6.45, 7) is 2.01. The number of amides is 2. The number of anilines is 2. The van der Waals surface area contributed by atoms with Crippen LogP contribution in [-0.4, -0.2) is 41.3 Å². The molecule has 2 amide bonds. The van der Waals surface area contributed by atoms with Gasteiger partial charge in [-0.25, -0.2) is 4.98 Å². The molecule has 0 bridgehead atoms. The SMILES string of the molecule is O=C(Nc1nc([C@@H]2CCCN2CC(=O)N2CCc3ccccc32)cs1)c1ccc(Br)cc1. The van der Waals surface area contributed by atoms with E-state index in [0.717, 1.165) is 48.2 Å². The first-order chi connectivity index (χ1) is 15.6. The summed E-state index contributed by atoms with van der Waals surface area (Å²) in [7, 11) is 0. The molecule has 2 aliphatic heterocycles. The number of benzene rings is 2. The zero-order valence-corrected chi connectivity index (χ0v) is 19.9. The first-order valence-corrected chi connectivity index (χ1v) is 12.4. The van der Waals surface area contributed by atoms with Crippen molar-refractivity contribution in [1.82, 2.24) is 9.88 Å². The molecule has 1 atom stereocenters. The van der Waals surface area contributed by atoms with Crippen LogP contribution in [0.5, 0.6) is 0 Å². The molecule has 0 aliphatic carbocycles. The zero-order valence-electron chi connectivity index (χ0n) is 17.5. The van der Waals surface area contributed by atoms with Gasteiger partial charge in [0, 0.05) is 27.6 Å². The third-order valence-corrected chi connectivity index (χ3v) is 7.39. The van der Waals surface area contributed by atoms with E-state index in [0.29, 0.717) is 17.2 Å². The Morgan fingerprint density at radius 2 is 1.94 bits per heavy atom. The predicted octanol–water partition coefficient (Wildman–Crippen LogP) is 4.88. The first-order valence-electron chi connectivity index (χ1n) is 10.7. The minimum atomic E-state index is -0.176. The molecule has 0 radical (unpaired) electrons. The maximum Gasteiger partial charge on any atom is 0.257 e. The van der Waals surface area contributed by atoms with Gasteiger partial charge < -0.3 is 4.90 Å². The van der Waals surface area contributed by atoms with Crippen LogP contribution >= 0.6 is 27.3 Å². The minimum absolute atomic E-state index is 0.103. The second kappa shape index (κ2) is 9.13. The Bertz CT molecular complexity index is 1150. The van der Waals surface area contributed by atoms with Gasteiger partial charge in [-0.05, 0) is 61.7 Å². The average Bonchev–Trinajstić information content (AvgIpc) is 3.53. The Morgan fingerprint density at radius 3 is 2.78 bits per heavy atom. The Hall–Kier alpha value is -2.55. The molecule has 0 unspecified atom stereocenters. The number of carbonyl (C=O) groups excluding carboxylic acids is 2. The number of hydrogen-bond donors (Lipinski definition) is 1. The van der Waals surface area contributed by atoms with E-state index in [1.54, 1.807) is 12.1 Å². The van der Waals surface area contributed by atoms with E-state index in [4.69, 9.17) is 0 Å². The van der Waals surface area contributed by atoms with Gasteiger partial charge in [0.15, 0.2) is 5.13 Å². The summed E-state index contributed by atoms with van der Waals surface area (Å²) in [4.78, 5) is 34.4. The molecule has 164 valence electrons. The van der Waals surface area contributed by atoms with E-state index >= 15 is 0 Å². The fraction of sp³-hybridized carbons (Fsp3) is 0.292. The molecule has 8 heteroatoms. The average molecular weight is 511 g/mol. The molecule has 0 spiro atoms. The van der Waals surface area contributed by atoms with Crippen molar-refractivity contribution < 1.29 is 9.59 Å². The number of para-hydroxylation sites is 1. The quantitative estimate of drug-likeness (QED) is 0.530. The van der Waals surface area contributed by atoms with Gasteiger partial charge >= 0.3 is 0 Å². The topological polar surface area (TPSA) is 65.5 Å². The van der Waals surface area contributed by atoms with Crippen molar-refractivity contribution in [2.24, 2.45) is 0 Å². The lowest BCUT2D eigenvalue weighted by Gasteiger charge is -2.25. The summed E-state index contributed by atoms with van der Waals surface area (Å²) >= 11 is 4.81. The van der Waals surface area contributed by atoms with Crippen LogP contribution in [0.4, 0.5) is 10.8 Å². The highest BCUT2D eigenvalue weighted by molar-refractivity contribution is 9.10. The number of nitrogens with one attached hydrogen (secondary N) is 1. The van der Waals surface area contributed by atoms with Gasteiger partial charge in [0.1, 0.15) is 0 Å². The van der Waals surface area contributed by atoms with Crippen molar-refractivity contribution in [3.05, 3.63) is 75.2 Å². The highest BCUT2D eigenvalue weighted by atomic mass is 79.9. The van der Waals surface area contributed by atoms with Gasteiger partial charge in [-0.15, -0.1) is 11.3 Å². The Morgan fingerprint density at radius 1 is 1.12 bits per heavy atom. The summed E-state index contributed by atoms with van der Waals surface area (Å²) in [5, 5.41) is 5.47. The summed E-state index contributed by atoms with van der Waals surface area (Å²) in [6, 6.07) is 15.5. The monoisotopic (exact) mass is 510 g/mol. The maximum atomic E-state index is 13.1. The van der Waals surface area contributed by atoms with Crippen LogP contribution in [0.1, 0.15) is 40.5 Å². The molecule has 3 heterocycles. The number of likely N-dealkylation sites (tertiary alicyclic amines) is 1. The lowest BCUT2D eigenvalue weighted by atomic mass is 10.1. The van der Waals surface area contributed by atoms with E-state index in [2.05, 4.69) is 37.2 Å². The molecule has 1 saturated heterocycles. The Labute approximate surface area is 199 Å². The van der Waals surface area contributed by atoms with Crippen LogP contribution in [0.15, 0.2) is 58.4 Å². The molecule has 32 heavy (non-hydrogen) atoms. The van der Waals surface area contributed by atoms with Crippen LogP contribution < -0.4 is 10.2 Å². The van der Waals surface area contributed by atoms with Crippen molar-refractivity contribution in [3.63, 3.8) is 0 Å². The second-order valence-electron chi connectivity index (χ2n) is 8.09. The van der Waals surface area contributed by atoms with Gasteiger partial charge in [-0.2, -0.15) is 0 Å². The van der Waals surface area contributed by atoms with Crippen LogP contribution in [0.2, 0.25) is 0 Å². The predicted molar refractivity (Wildman–Crippen MR) is 130 cm³/mol. The third-order valence-electron chi connectivity index (χ3n) is 6.08. The molecule has 2 aliphatic rings. The Kier molecular flexibility index (Phi) is 6.08. The second-order valence-corrected chi connectivity index (χ2v) is 9.86. The minimum Gasteiger partial charge on any atom is -0.311 e. The number of nitrogens with zero attached hydrogens (tertiary/aromatic N) is 3. The lowest BCUT2D eigenvalue weighted by molar-refractivity contribution is -0.119. The molecule has 1 N–H and O–H groups in total. The standard InChI is InChI=1S/C24H23BrN4O2S/c25-18-9-7-17(8-10-18)23(31)27-24-26-19(15-32-24)21-6-3-12-28(21)14-22(30)29-13-11-16-4-1-2-5-20(16)29/h1-2,4-5,7-10,15,21H,3,6,11-14H2,(H,26,27,31)/t21-/m0/s1. The number of fused-ring (bicyclic) bond motifs is 1. The van der Waals surface area contributed by atoms with E-state index in [1.807, 2.05) is 40.6 Å². The van der Waals surface area contributed by atoms with Crippen LogP contribution in [0.3, 0.4) is 0 Å². The van der Waals surface area contributed by atoms with Crippen LogP contribution in [-0.2, 0) is 11.2 Å². The molecule has 3 aromatic rings. The molecular weight excluding hydrogens is 488 g/mol. The number of halogens is 1. The number of rotatable bonds is 5. The number of carbonyl (C=O) groups is 2. The van der Waals surface area contributed by atoms with Crippen molar-refractivity contribution in [3.8, 4) is 0 Å². The molecule has 1 aromatic heterocycles. The molecule has 2 aromatic carbocycles. The normalized spacial score (nSPS) is 18.0. The van der Waals surface area contributed by atoms with Gasteiger partial charge in [0.05, 0.1) is 18.3 Å². The van der Waals surface area contributed by atoms with Gasteiger partial charge in [-0.3, -0.25) is 19.8 Å². The molecule has 5 rings (SSSR count).